The van der Waals surface area contributed by atoms with Crippen LogP contribution in [0.1, 0.15) is 149 Å². The Morgan fingerprint density at radius 2 is 1.09 bits per heavy atom. The van der Waals surface area contributed by atoms with Crippen molar-refractivity contribution in [3.63, 3.8) is 0 Å². The van der Waals surface area contributed by atoms with Gasteiger partial charge >= 0.3 is 19.8 Å². The Morgan fingerprint density at radius 1 is 0.578 bits per heavy atom. The van der Waals surface area contributed by atoms with Crippen LogP contribution < -0.4 is 0 Å². The Morgan fingerprint density at radius 3 is 1.72 bits per heavy atom. The van der Waals surface area contributed by atoms with E-state index in [4.69, 9.17) is 18.5 Å². The number of carbonyl (C=O) groups excluding carboxylic acids is 2. The van der Waals surface area contributed by atoms with Gasteiger partial charge in [0.2, 0.25) is 0 Å². The van der Waals surface area contributed by atoms with Gasteiger partial charge in [-0.1, -0.05) is 144 Å². The van der Waals surface area contributed by atoms with Crippen molar-refractivity contribution in [3.05, 3.63) is 85.1 Å². The van der Waals surface area contributed by atoms with Crippen LogP contribution in [0.15, 0.2) is 85.1 Å². The molecule has 7 N–H and O–H groups in total. The van der Waals surface area contributed by atoms with Crippen molar-refractivity contribution in [3.8, 4) is 0 Å². The number of phosphoric acid groups is 1. The molecule has 0 bridgehead atoms. The topological polar surface area (TPSA) is 230 Å². The average Bonchev–Trinajstić information content (AvgIpc) is 3.27. The summed E-state index contributed by atoms with van der Waals surface area (Å²) in [7, 11) is -5.16. The fourth-order valence-corrected chi connectivity index (χ4v) is 7.47. The maximum atomic E-state index is 12.8. The maximum absolute atomic E-state index is 12.8. The van der Waals surface area contributed by atoms with Crippen LogP contribution in [0.4, 0.5) is 0 Å². The molecule has 0 heterocycles. The molecule has 366 valence electrons. The van der Waals surface area contributed by atoms with Crippen molar-refractivity contribution in [2.75, 3.05) is 13.2 Å². The normalized spacial score (nSPS) is 22.8. The molecule has 0 aromatic heterocycles. The predicted molar refractivity (Wildman–Crippen MR) is 250 cm³/mol. The number of phosphoric ester groups is 1. The van der Waals surface area contributed by atoms with Crippen LogP contribution in [-0.4, -0.2) is 110 Å². The largest absolute Gasteiger partial charge is 0.472 e. The van der Waals surface area contributed by atoms with E-state index in [0.29, 0.717) is 32.1 Å². The molecule has 1 rings (SSSR count). The summed E-state index contributed by atoms with van der Waals surface area (Å²) in [4.78, 5) is 35.7. The van der Waals surface area contributed by atoms with E-state index in [1.165, 1.54) is 19.3 Å². The van der Waals surface area contributed by atoms with E-state index in [0.717, 1.165) is 70.6 Å². The van der Waals surface area contributed by atoms with Gasteiger partial charge in [-0.2, -0.15) is 0 Å². The number of allylic oxidation sites excluding steroid dienone is 12. The lowest BCUT2D eigenvalue weighted by Gasteiger charge is -2.41. The molecule has 0 amide bonds. The third-order valence-electron chi connectivity index (χ3n) is 10.3. The van der Waals surface area contributed by atoms with Gasteiger partial charge in [-0.15, -0.1) is 0 Å². The molecule has 0 saturated heterocycles. The fraction of sp³-hybridized carbons (Fsp3) is 0.673. The van der Waals surface area contributed by atoms with Gasteiger partial charge in [0.05, 0.1) is 12.7 Å². The summed E-state index contributed by atoms with van der Waals surface area (Å²) in [6.45, 7) is 3.02. The van der Waals surface area contributed by atoms with E-state index in [1.54, 1.807) is 12.2 Å². The number of aliphatic hydroxyl groups is 6. The van der Waals surface area contributed by atoms with Gasteiger partial charge in [0.15, 0.2) is 6.10 Å². The third kappa shape index (κ3) is 30.2. The van der Waals surface area contributed by atoms with E-state index in [-0.39, 0.29) is 12.8 Å². The summed E-state index contributed by atoms with van der Waals surface area (Å²) in [6, 6.07) is 0. The van der Waals surface area contributed by atoms with Crippen molar-refractivity contribution in [2.45, 2.75) is 198 Å². The quantitative estimate of drug-likeness (QED) is 0.0102. The van der Waals surface area contributed by atoms with Crippen LogP contribution in [0.2, 0.25) is 0 Å². The molecule has 1 fully saturated rings. The van der Waals surface area contributed by atoms with E-state index in [2.05, 4.69) is 50.3 Å². The van der Waals surface area contributed by atoms with Gasteiger partial charge in [-0.05, 0) is 77.0 Å². The average molecular weight is 925 g/mol. The summed E-state index contributed by atoms with van der Waals surface area (Å²) in [5.41, 5.74) is 0. The van der Waals surface area contributed by atoms with E-state index in [9.17, 15) is 49.7 Å². The van der Waals surface area contributed by atoms with Crippen LogP contribution in [0.3, 0.4) is 0 Å². The van der Waals surface area contributed by atoms with Gasteiger partial charge < -0.3 is 45.0 Å². The molecule has 64 heavy (non-hydrogen) atoms. The van der Waals surface area contributed by atoms with Crippen LogP contribution in [0.25, 0.3) is 0 Å². The Labute approximate surface area is 382 Å². The lowest BCUT2D eigenvalue weighted by atomic mass is 9.85. The van der Waals surface area contributed by atoms with Gasteiger partial charge in [0.25, 0.3) is 0 Å². The number of aliphatic hydroxyl groups excluding tert-OH is 6. The molecule has 1 saturated carbocycles. The zero-order chi connectivity index (χ0) is 47.3. The summed E-state index contributed by atoms with van der Waals surface area (Å²) in [6.07, 6.45) is 32.3. The number of hydrogen-bond acceptors (Lipinski definition) is 13. The molecule has 4 unspecified atom stereocenters. The first-order valence-corrected chi connectivity index (χ1v) is 25.0. The van der Waals surface area contributed by atoms with Gasteiger partial charge in [-0.25, -0.2) is 4.57 Å². The van der Waals surface area contributed by atoms with Crippen LogP contribution >= 0.6 is 7.82 Å². The monoisotopic (exact) mass is 925 g/mol. The highest BCUT2D eigenvalue weighted by molar-refractivity contribution is 7.47. The highest BCUT2D eigenvalue weighted by Crippen LogP contribution is 2.47. The second kappa shape index (κ2) is 38.1. The Hall–Kier alpha value is -3.01. The fourth-order valence-electron chi connectivity index (χ4n) is 6.49. The molecule has 15 heteroatoms. The molecule has 1 aliphatic rings. The minimum absolute atomic E-state index is 0.0199. The number of ether oxygens (including phenoxy) is 2. The summed E-state index contributed by atoms with van der Waals surface area (Å²) in [5, 5.41) is 60.2. The van der Waals surface area contributed by atoms with Crippen molar-refractivity contribution in [1.29, 1.82) is 0 Å². The van der Waals surface area contributed by atoms with Crippen LogP contribution in [-0.2, 0) is 32.7 Å². The Balaban J connectivity index is 2.53. The number of carbonyl (C=O) groups is 2. The van der Waals surface area contributed by atoms with E-state index < -0.39 is 81.8 Å². The van der Waals surface area contributed by atoms with Crippen LogP contribution in [0.5, 0.6) is 0 Å². The summed E-state index contributed by atoms with van der Waals surface area (Å²) in [5.74, 6) is -1.22. The van der Waals surface area contributed by atoms with Crippen molar-refractivity contribution < 1.29 is 68.2 Å². The third-order valence-corrected chi connectivity index (χ3v) is 11.3. The molecule has 0 radical (unpaired) electrons. The molecule has 0 aromatic rings. The van der Waals surface area contributed by atoms with Crippen molar-refractivity contribution >= 4 is 19.8 Å². The van der Waals surface area contributed by atoms with Gasteiger partial charge in [0, 0.05) is 12.8 Å². The molecule has 1 aliphatic carbocycles. The Kier molecular flexibility index (Phi) is 35.2. The van der Waals surface area contributed by atoms with E-state index >= 15 is 0 Å². The molecule has 14 nitrogen and oxygen atoms in total. The second-order valence-corrected chi connectivity index (χ2v) is 17.5. The summed E-state index contributed by atoms with van der Waals surface area (Å²) < 4.78 is 33.4. The molecule has 0 aromatic carbocycles. The van der Waals surface area contributed by atoms with Gasteiger partial charge in [0.1, 0.15) is 43.2 Å². The highest BCUT2D eigenvalue weighted by atomic mass is 31.2. The SMILES string of the molecule is CC/C=C\C/C=C\CC(O)/C=C/C=C\C/C=C\CCCC(=O)O[C@H](COC(=O)CCCCCCCCC/C=C\C/C=C\CCCCC)COP(=O)(O)OC1[C@H](O)[C@H](O)C(O)[C@H](O)[C@H]1O. The lowest BCUT2D eigenvalue weighted by molar-refractivity contribution is -0.220. The smallest absolute Gasteiger partial charge is 0.462 e. The standard InChI is InChI=1S/C49H81O14P/c1-3-5-7-9-11-12-13-14-15-16-17-18-19-20-24-28-32-36-42(51)60-38-41(39-61-64(58,59)63-49-47(56)45(54)44(53)46(55)48(49)57)62-43(52)37-33-29-25-22-21-23-27-31-35-40(50)34-30-26-10-8-6-4-2/h6,8,11-12,14-15,22-23,25-27,30-31,35,40-41,44-50,53-57H,3-5,7,9-10,13,16-21,24,28-29,32-34,36-39H2,1-2H3,(H,58,59)/b8-6-,12-11-,15-14-,25-22-,27-23-,30-26-,35-31+/t40?,41-,44?,45-,46+,47-,48-,49?/m1/s1. The molecule has 0 spiro atoms. The van der Waals surface area contributed by atoms with Crippen molar-refractivity contribution in [1.82, 2.24) is 0 Å². The number of hydrogen-bond donors (Lipinski definition) is 7. The highest BCUT2D eigenvalue weighted by Gasteiger charge is 2.51. The zero-order valence-electron chi connectivity index (χ0n) is 38.4. The summed E-state index contributed by atoms with van der Waals surface area (Å²) >= 11 is 0. The lowest BCUT2D eigenvalue weighted by Crippen LogP contribution is -2.64. The Bertz CT molecular complexity index is 1460. The predicted octanol–water partition coefficient (Wildman–Crippen LogP) is 8.25. The minimum Gasteiger partial charge on any atom is -0.462 e. The maximum Gasteiger partial charge on any atom is 0.472 e. The number of esters is 2. The first kappa shape index (κ1) is 59.0. The van der Waals surface area contributed by atoms with Crippen LogP contribution in [0, 0.1) is 0 Å². The number of rotatable bonds is 37. The van der Waals surface area contributed by atoms with Crippen molar-refractivity contribution in [2.24, 2.45) is 0 Å². The molecule has 9 atom stereocenters. The zero-order valence-corrected chi connectivity index (χ0v) is 39.3. The first-order valence-electron chi connectivity index (χ1n) is 23.5. The first-order chi connectivity index (χ1) is 30.8. The molecule has 0 aliphatic heterocycles. The van der Waals surface area contributed by atoms with E-state index in [1.807, 2.05) is 36.5 Å². The number of unbranched alkanes of at least 4 members (excludes halogenated alkanes) is 11. The second-order valence-electron chi connectivity index (χ2n) is 16.1. The minimum atomic E-state index is -5.16. The van der Waals surface area contributed by atoms with Gasteiger partial charge in [-0.3, -0.25) is 18.6 Å². The molecular weight excluding hydrogens is 843 g/mol. The molecular formula is C49H81O14P.